The van der Waals surface area contributed by atoms with E-state index in [1.165, 1.54) is 5.56 Å². The Morgan fingerprint density at radius 1 is 0.576 bits per heavy atom. The van der Waals surface area contributed by atoms with Gasteiger partial charge in [0.2, 0.25) is 0 Å². The van der Waals surface area contributed by atoms with Crippen LogP contribution in [-0.2, 0) is 0 Å². The minimum atomic E-state index is -0.294. The summed E-state index contributed by atoms with van der Waals surface area (Å²) in [5.41, 5.74) is 5.58. The Labute approximate surface area is 193 Å². The van der Waals surface area contributed by atoms with Crippen LogP contribution < -0.4 is 21.3 Å². The highest BCUT2D eigenvalue weighted by Gasteiger charge is 2.06. The number of aromatic nitrogens is 2. The number of benzene rings is 3. The van der Waals surface area contributed by atoms with E-state index in [0.717, 1.165) is 22.6 Å². The van der Waals surface area contributed by atoms with Crippen LogP contribution in [0, 0.1) is 20.8 Å². The molecular formula is C26H26N6O. The van der Waals surface area contributed by atoms with E-state index in [-0.39, 0.29) is 6.03 Å². The van der Waals surface area contributed by atoms with E-state index in [1.807, 2.05) is 92.7 Å². The lowest BCUT2D eigenvalue weighted by Gasteiger charge is -2.12. The summed E-state index contributed by atoms with van der Waals surface area (Å²) in [5, 5.41) is 12.2. The van der Waals surface area contributed by atoms with Gasteiger partial charge in [-0.15, -0.1) is 0 Å². The summed E-state index contributed by atoms with van der Waals surface area (Å²) in [5.74, 6) is 2.04. The molecule has 0 bridgehead atoms. The number of carbonyl (C=O) groups excluding carboxylic acids is 1. The van der Waals surface area contributed by atoms with Crippen LogP contribution >= 0.6 is 0 Å². The number of aryl methyl sites for hydroxylation is 3. The molecule has 0 aliphatic heterocycles. The fourth-order valence-corrected chi connectivity index (χ4v) is 3.20. The average molecular weight is 439 g/mol. The van der Waals surface area contributed by atoms with Crippen molar-refractivity contribution in [2.75, 3.05) is 21.3 Å². The van der Waals surface area contributed by atoms with Crippen molar-refractivity contribution in [3.63, 3.8) is 0 Å². The van der Waals surface area contributed by atoms with Crippen LogP contribution in [0.1, 0.15) is 17.0 Å². The second-order valence-electron chi connectivity index (χ2n) is 7.82. The van der Waals surface area contributed by atoms with Crippen LogP contribution in [0.3, 0.4) is 0 Å². The molecule has 166 valence electrons. The summed E-state index contributed by atoms with van der Waals surface area (Å²) < 4.78 is 0. The SMILES string of the molecule is Cc1ccc(NC(=O)Nc2ccc(Nc3cc(Nc4ccc(C)cc4)nc(C)n3)cc2)cc1. The van der Waals surface area contributed by atoms with Gasteiger partial charge in [0.15, 0.2) is 0 Å². The number of carbonyl (C=O) groups is 1. The third kappa shape index (κ3) is 6.30. The standard InChI is InChI=1S/C26H26N6O/c1-17-4-8-20(9-5-17)29-24-16-25(28-19(3)27-24)30-21-12-14-23(15-13-21)32-26(33)31-22-10-6-18(2)7-11-22/h4-16H,1-3H3,(H2,31,32,33)(H2,27,28,29,30). The van der Waals surface area contributed by atoms with Gasteiger partial charge in [-0.05, 0) is 69.3 Å². The Morgan fingerprint density at radius 3 is 1.39 bits per heavy atom. The highest BCUT2D eigenvalue weighted by atomic mass is 16.2. The van der Waals surface area contributed by atoms with E-state index in [4.69, 9.17) is 0 Å². The lowest BCUT2D eigenvalue weighted by atomic mass is 10.2. The van der Waals surface area contributed by atoms with Crippen molar-refractivity contribution in [1.29, 1.82) is 0 Å². The van der Waals surface area contributed by atoms with Crippen LogP contribution in [0.5, 0.6) is 0 Å². The predicted molar refractivity (Wildman–Crippen MR) is 135 cm³/mol. The molecule has 0 aliphatic carbocycles. The van der Waals surface area contributed by atoms with E-state index in [1.54, 1.807) is 0 Å². The molecule has 0 spiro atoms. The van der Waals surface area contributed by atoms with Crippen LogP contribution in [-0.4, -0.2) is 16.0 Å². The average Bonchev–Trinajstić information content (AvgIpc) is 2.78. The molecule has 1 heterocycles. The Kier molecular flexibility index (Phi) is 6.50. The molecule has 0 atom stereocenters. The maximum absolute atomic E-state index is 12.2. The number of urea groups is 1. The fraction of sp³-hybridized carbons (Fsp3) is 0.115. The second kappa shape index (κ2) is 9.82. The van der Waals surface area contributed by atoms with Crippen LogP contribution in [0.15, 0.2) is 78.9 Å². The molecule has 0 unspecified atom stereocenters. The Morgan fingerprint density at radius 2 is 0.939 bits per heavy atom. The first-order valence-corrected chi connectivity index (χ1v) is 10.6. The molecule has 0 radical (unpaired) electrons. The van der Waals surface area contributed by atoms with Gasteiger partial charge in [0.25, 0.3) is 0 Å². The molecule has 0 saturated carbocycles. The molecule has 4 aromatic rings. The van der Waals surface area contributed by atoms with Crippen molar-refractivity contribution in [2.24, 2.45) is 0 Å². The summed E-state index contributed by atoms with van der Waals surface area (Å²) >= 11 is 0. The van der Waals surface area contributed by atoms with Crippen molar-refractivity contribution in [3.05, 3.63) is 95.8 Å². The largest absolute Gasteiger partial charge is 0.340 e. The number of nitrogens with one attached hydrogen (secondary N) is 4. The van der Waals surface area contributed by atoms with E-state index in [2.05, 4.69) is 38.2 Å². The van der Waals surface area contributed by atoms with Crippen molar-refractivity contribution in [1.82, 2.24) is 9.97 Å². The predicted octanol–water partition coefficient (Wildman–Crippen LogP) is 6.53. The molecule has 7 heteroatoms. The molecule has 3 aromatic carbocycles. The van der Waals surface area contributed by atoms with Gasteiger partial charge in [-0.2, -0.15) is 0 Å². The van der Waals surface area contributed by atoms with Gasteiger partial charge in [0, 0.05) is 28.8 Å². The van der Waals surface area contributed by atoms with Gasteiger partial charge in [-0.1, -0.05) is 35.4 Å². The molecule has 4 rings (SSSR count). The first-order valence-electron chi connectivity index (χ1n) is 10.6. The topological polar surface area (TPSA) is 91.0 Å². The van der Waals surface area contributed by atoms with Crippen molar-refractivity contribution in [2.45, 2.75) is 20.8 Å². The summed E-state index contributed by atoms with van der Waals surface area (Å²) in [6.45, 7) is 5.91. The third-order valence-electron chi connectivity index (χ3n) is 4.89. The lowest BCUT2D eigenvalue weighted by Crippen LogP contribution is -2.19. The zero-order valence-corrected chi connectivity index (χ0v) is 18.8. The van der Waals surface area contributed by atoms with E-state index >= 15 is 0 Å². The zero-order chi connectivity index (χ0) is 23.2. The van der Waals surface area contributed by atoms with Gasteiger partial charge in [-0.3, -0.25) is 0 Å². The first-order chi connectivity index (χ1) is 15.9. The normalized spacial score (nSPS) is 10.4. The minimum absolute atomic E-state index is 0.294. The third-order valence-corrected chi connectivity index (χ3v) is 4.89. The van der Waals surface area contributed by atoms with Crippen molar-refractivity contribution in [3.8, 4) is 0 Å². The summed E-state index contributed by atoms with van der Waals surface area (Å²) in [4.78, 5) is 21.2. The van der Waals surface area contributed by atoms with E-state index < -0.39 is 0 Å². The number of hydrogen-bond acceptors (Lipinski definition) is 5. The summed E-state index contributed by atoms with van der Waals surface area (Å²) in [6, 6.07) is 24.7. The molecule has 2 amide bonds. The molecule has 0 aliphatic rings. The molecule has 0 saturated heterocycles. The number of hydrogen-bond donors (Lipinski definition) is 4. The second-order valence-corrected chi connectivity index (χ2v) is 7.82. The summed E-state index contributed by atoms with van der Waals surface area (Å²) in [7, 11) is 0. The quantitative estimate of drug-likeness (QED) is 0.275. The molecule has 4 N–H and O–H groups in total. The Balaban J connectivity index is 1.38. The van der Waals surface area contributed by atoms with Gasteiger partial charge in [0.1, 0.15) is 17.5 Å². The molecular weight excluding hydrogens is 412 g/mol. The number of rotatable bonds is 6. The summed E-state index contributed by atoms with van der Waals surface area (Å²) in [6.07, 6.45) is 0. The number of amides is 2. The van der Waals surface area contributed by atoms with E-state index in [0.29, 0.717) is 23.1 Å². The molecule has 0 fully saturated rings. The maximum atomic E-state index is 12.2. The maximum Gasteiger partial charge on any atom is 0.323 e. The first kappa shape index (κ1) is 21.8. The number of nitrogens with zero attached hydrogens (tertiary/aromatic N) is 2. The highest BCUT2D eigenvalue weighted by molar-refractivity contribution is 5.99. The van der Waals surface area contributed by atoms with Crippen LogP contribution in [0.25, 0.3) is 0 Å². The fourth-order valence-electron chi connectivity index (χ4n) is 3.20. The Bertz CT molecular complexity index is 1240. The molecule has 7 nitrogen and oxygen atoms in total. The Hall–Kier alpha value is -4.39. The van der Waals surface area contributed by atoms with Crippen LogP contribution in [0.2, 0.25) is 0 Å². The molecule has 33 heavy (non-hydrogen) atoms. The monoisotopic (exact) mass is 438 g/mol. The van der Waals surface area contributed by atoms with Gasteiger partial charge in [-0.25, -0.2) is 14.8 Å². The van der Waals surface area contributed by atoms with Crippen molar-refractivity contribution < 1.29 is 4.79 Å². The van der Waals surface area contributed by atoms with Gasteiger partial charge >= 0.3 is 6.03 Å². The lowest BCUT2D eigenvalue weighted by molar-refractivity contribution is 0.262. The zero-order valence-electron chi connectivity index (χ0n) is 18.8. The molecule has 1 aromatic heterocycles. The van der Waals surface area contributed by atoms with Crippen LogP contribution in [0.4, 0.5) is 39.2 Å². The highest BCUT2D eigenvalue weighted by Crippen LogP contribution is 2.22. The smallest absolute Gasteiger partial charge is 0.323 e. The number of anilines is 6. The minimum Gasteiger partial charge on any atom is -0.340 e. The van der Waals surface area contributed by atoms with E-state index in [9.17, 15) is 4.79 Å². The van der Waals surface area contributed by atoms with Gasteiger partial charge in [0.05, 0.1) is 0 Å². The van der Waals surface area contributed by atoms with Gasteiger partial charge < -0.3 is 21.3 Å². The van der Waals surface area contributed by atoms with Crippen molar-refractivity contribution >= 4 is 40.4 Å².